The van der Waals surface area contributed by atoms with Crippen LogP contribution in [0.4, 0.5) is 5.69 Å². The molecule has 1 aromatic carbocycles. The first-order valence-electron chi connectivity index (χ1n) is 7.40. The second-order valence-electron chi connectivity index (χ2n) is 5.66. The number of aromatic nitrogens is 3. The molecule has 2 aromatic heterocycles. The maximum absolute atomic E-state index is 12.3. The van der Waals surface area contributed by atoms with Gasteiger partial charge in [0.2, 0.25) is 0 Å². The predicted molar refractivity (Wildman–Crippen MR) is 90.6 cm³/mol. The Morgan fingerprint density at radius 1 is 1.30 bits per heavy atom. The summed E-state index contributed by atoms with van der Waals surface area (Å²) in [4.78, 5) is 25.8. The fourth-order valence-corrected chi connectivity index (χ4v) is 2.37. The average molecular weight is 309 g/mol. The third-order valence-corrected chi connectivity index (χ3v) is 3.60. The zero-order chi connectivity index (χ0) is 16.4. The van der Waals surface area contributed by atoms with Crippen LogP contribution < -0.4 is 10.2 Å². The number of nitrogens with zero attached hydrogens (tertiary/aromatic N) is 3. The third-order valence-electron chi connectivity index (χ3n) is 3.60. The number of benzene rings is 1. The predicted octanol–water partition coefficient (Wildman–Crippen LogP) is 2.26. The van der Waals surface area contributed by atoms with E-state index in [1.165, 1.54) is 0 Å². The lowest BCUT2D eigenvalue weighted by molar-refractivity contribution is 0.0950. The maximum Gasteiger partial charge on any atom is 0.253 e. The molecule has 6 nitrogen and oxygen atoms in total. The van der Waals surface area contributed by atoms with Crippen molar-refractivity contribution in [1.82, 2.24) is 20.3 Å². The Hall–Kier alpha value is -2.89. The molecule has 0 saturated carbocycles. The number of carbonyl (C=O) groups is 1. The number of carbonyl (C=O) groups excluding carboxylic acids is 1. The Labute approximate surface area is 134 Å². The van der Waals surface area contributed by atoms with Crippen LogP contribution in [-0.4, -0.2) is 35.0 Å². The van der Waals surface area contributed by atoms with Crippen LogP contribution in [0.2, 0.25) is 0 Å². The van der Waals surface area contributed by atoms with Gasteiger partial charge in [0.25, 0.3) is 5.91 Å². The van der Waals surface area contributed by atoms with E-state index in [2.05, 4.69) is 26.3 Å². The molecule has 0 radical (unpaired) electrons. The molecule has 2 N–H and O–H groups in total. The summed E-state index contributed by atoms with van der Waals surface area (Å²) < 4.78 is 0. The van der Waals surface area contributed by atoms with E-state index in [4.69, 9.17) is 0 Å². The molecule has 3 aromatic rings. The highest BCUT2D eigenvalue weighted by Crippen LogP contribution is 2.14. The summed E-state index contributed by atoms with van der Waals surface area (Å²) in [5, 5.41) is 2.92. The monoisotopic (exact) mass is 309 g/mol. The van der Waals surface area contributed by atoms with Gasteiger partial charge in [-0.25, -0.2) is 9.97 Å². The SMILES string of the molecule is Cc1nc2ncc(C(=O)NCc3cccc(N(C)C)c3)cc2[nH]1. The highest BCUT2D eigenvalue weighted by atomic mass is 16.1. The molecule has 0 unspecified atom stereocenters. The standard InChI is InChI=1S/C17H19N5O/c1-11-20-15-8-13(10-18-16(15)21-11)17(23)19-9-12-5-4-6-14(7-12)22(2)3/h4-8,10H,9H2,1-3H3,(H,19,23)(H,18,20,21). The lowest BCUT2D eigenvalue weighted by atomic mass is 10.2. The van der Waals surface area contributed by atoms with Crippen molar-refractivity contribution in [3.63, 3.8) is 0 Å². The summed E-state index contributed by atoms with van der Waals surface area (Å²) in [6.45, 7) is 2.33. The van der Waals surface area contributed by atoms with Crippen molar-refractivity contribution in [3.05, 3.63) is 53.5 Å². The molecule has 3 rings (SSSR count). The van der Waals surface area contributed by atoms with Crippen LogP contribution in [0.1, 0.15) is 21.7 Å². The summed E-state index contributed by atoms with van der Waals surface area (Å²) in [5.74, 6) is 0.632. The third kappa shape index (κ3) is 3.31. The van der Waals surface area contributed by atoms with Crippen molar-refractivity contribution in [1.29, 1.82) is 0 Å². The number of hydrogen-bond donors (Lipinski definition) is 2. The van der Waals surface area contributed by atoms with E-state index in [1.54, 1.807) is 12.3 Å². The zero-order valence-electron chi connectivity index (χ0n) is 13.4. The Morgan fingerprint density at radius 3 is 2.91 bits per heavy atom. The van der Waals surface area contributed by atoms with Crippen LogP contribution in [0.25, 0.3) is 11.2 Å². The van der Waals surface area contributed by atoms with Crippen LogP contribution in [0, 0.1) is 6.92 Å². The van der Waals surface area contributed by atoms with Gasteiger partial charge in [0.05, 0.1) is 11.1 Å². The molecule has 1 amide bonds. The zero-order valence-corrected chi connectivity index (χ0v) is 13.4. The van der Waals surface area contributed by atoms with E-state index in [-0.39, 0.29) is 5.91 Å². The Kier molecular flexibility index (Phi) is 3.97. The molecule has 0 bridgehead atoms. The molecule has 0 aliphatic carbocycles. The lowest BCUT2D eigenvalue weighted by Crippen LogP contribution is -2.23. The van der Waals surface area contributed by atoms with Gasteiger partial charge < -0.3 is 15.2 Å². The van der Waals surface area contributed by atoms with Gasteiger partial charge in [-0.15, -0.1) is 0 Å². The number of pyridine rings is 1. The number of hydrogen-bond acceptors (Lipinski definition) is 4. The largest absolute Gasteiger partial charge is 0.378 e. The van der Waals surface area contributed by atoms with Crippen molar-refractivity contribution < 1.29 is 4.79 Å². The van der Waals surface area contributed by atoms with E-state index in [1.807, 2.05) is 44.1 Å². The topological polar surface area (TPSA) is 73.9 Å². The number of aromatic amines is 1. The van der Waals surface area contributed by atoms with Gasteiger partial charge in [0, 0.05) is 32.5 Å². The number of nitrogens with one attached hydrogen (secondary N) is 2. The molecule has 0 aliphatic rings. The van der Waals surface area contributed by atoms with Gasteiger partial charge in [0.15, 0.2) is 5.65 Å². The normalized spacial score (nSPS) is 10.7. The first-order valence-corrected chi connectivity index (χ1v) is 7.40. The molecule has 6 heteroatoms. The minimum Gasteiger partial charge on any atom is -0.378 e. The lowest BCUT2D eigenvalue weighted by Gasteiger charge is -2.13. The van der Waals surface area contributed by atoms with Gasteiger partial charge in [0.1, 0.15) is 5.82 Å². The minimum atomic E-state index is -0.151. The van der Waals surface area contributed by atoms with Gasteiger partial charge in [-0.05, 0) is 30.7 Å². The van der Waals surface area contributed by atoms with Crippen molar-refractivity contribution in [2.24, 2.45) is 0 Å². The molecule has 118 valence electrons. The number of H-pyrrole nitrogens is 1. The molecule has 0 aliphatic heterocycles. The van der Waals surface area contributed by atoms with Gasteiger partial charge in [-0.3, -0.25) is 4.79 Å². The van der Waals surface area contributed by atoms with Crippen LogP contribution in [0.3, 0.4) is 0 Å². The van der Waals surface area contributed by atoms with E-state index in [9.17, 15) is 4.79 Å². The van der Waals surface area contributed by atoms with Crippen LogP contribution in [0.5, 0.6) is 0 Å². The molecule has 0 fully saturated rings. The minimum absolute atomic E-state index is 0.151. The highest BCUT2D eigenvalue weighted by molar-refractivity contribution is 5.96. The fourth-order valence-electron chi connectivity index (χ4n) is 2.37. The van der Waals surface area contributed by atoms with E-state index in [0.717, 1.165) is 22.6 Å². The summed E-state index contributed by atoms with van der Waals surface area (Å²) in [5.41, 5.74) is 4.07. The van der Waals surface area contributed by atoms with Crippen LogP contribution in [-0.2, 0) is 6.54 Å². The van der Waals surface area contributed by atoms with Crippen LogP contribution in [0.15, 0.2) is 36.5 Å². The quantitative estimate of drug-likeness (QED) is 0.775. The Balaban J connectivity index is 1.71. The number of fused-ring (bicyclic) bond motifs is 1. The van der Waals surface area contributed by atoms with E-state index >= 15 is 0 Å². The molecule has 23 heavy (non-hydrogen) atoms. The van der Waals surface area contributed by atoms with Crippen LogP contribution >= 0.6 is 0 Å². The Morgan fingerprint density at radius 2 is 2.13 bits per heavy atom. The number of imidazole rings is 1. The average Bonchev–Trinajstić information content (AvgIpc) is 2.91. The second-order valence-corrected chi connectivity index (χ2v) is 5.66. The highest BCUT2D eigenvalue weighted by Gasteiger charge is 2.09. The van der Waals surface area contributed by atoms with Gasteiger partial charge in [-0.1, -0.05) is 12.1 Å². The molecular weight excluding hydrogens is 290 g/mol. The molecule has 0 atom stereocenters. The first kappa shape index (κ1) is 15.0. The van der Waals surface area contributed by atoms with E-state index < -0.39 is 0 Å². The maximum atomic E-state index is 12.3. The van der Waals surface area contributed by atoms with Gasteiger partial charge >= 0.3 is 0 Å². The fraction of sp³-hybridized carbons (Fsp3) is 0.235. The van der Waals surface area contributed by atoms with Gasteiger partial charge in [-0.2, -0.15) is 0 Å². The summed E-state index contributed by atoms with van der Waals surface area (Å²) in [7, 11) is 3.98. The molecule has 0 spiro atoms. The first-order chi connectivity index (χ1) is 11.0. The Bertz CT molecular complexity index is 853. The van der Waals surface area contributed by atoms with Crippen molar-refractivity contribution in [2.75, 3.05) is 19.0 Å². The summed E-state index contributed by atoms with van der Waals surface area (Å²) in [6, 6.07) is 9.84. The smallest absolute Gasteiger partial charge is 0.253 e. The van der Waals surface area contributed by atoms with Crippen molar-refractivity contribution in [2.45, 2.75) is 13.5 Å². The second kappa shape index (κ2) is 6.08. The molecule has 0 saturated heterocycles. The number of anilines is 1. The summed E-state index contributed by atoms with van der Waals surface area (Å²) in [6.07, 6.45) is 1.55. The molecular formula is C17H19N5O. The summed E-state index contributed by atoms with van der Waals surface area (Å²) >= 11 is 0. The molecule has 2 heterocycles. The van der Waals surface area contributed by atoms with Crippen molar-refractivity contribution >= 4 is 22.8 Å². The van der Waals surface area contributed by atoms with Crippen molar-refractivity contribution in [3.8, 4) is 0 Å². The number of rotatable bonds is 4. The van der Waals surface area contributed by atoms with E-state index in [0.29, 0.717) is 17.8 Å². The number of amides is 1. The number of aryl methyl sites for hydroxylation is 1.